The Morgan fingerprint density at radius 2 is 1.59 bits per heavy atom. The molecule has 1 heterocycles. The summed E-state index contributed by atoms with van der Waals surface area (Å²) < 4.78 is 18.0. The van der Waals surface area contributed by atoms with Crippen LogP contribution in [-0.4, -0.2) is 24.2 Å². The molecule has 0 N–H and O–H groups in total. The van der Waals surface area contributed by atoms with Gasteiger partial charge in [-0.2, -0.15) is 4.98 Å². The summed E-state index contributed by atoms with van der Waals surface area (Å²) in [6, 6.07) is 21.4. The first-order chi connectivity index (χ1) is 14.2. The van der Waals surface area contributed by atoms with Gasteiger partial charge in [-0.05, 0) is 29.8 Å². The third kappa shape index (κ3) is 4.32. The van der Waals surface area contributed by atoms with Gasteiger partial charge >= 0.3 is 0 Å². The van der Waals surface area contributed by atoms with Crippen LogP contribution in [0.15, 0.2) is 71.2 Å². The smallest absolute Gasteiger partial charge is 0.230 e. The molecule has 0 aliphatic rings. The van der Waals surface area contributed by atoms with E-state index in [-0.39, 0.29) is 0 Å². The number of ether oxygens (including phenoxy) is 3. The number of hydrogen-bond acceptors (Lipinski definition) is 5. The number of fused-ring (bicyclic) bond motifs is 1. The van der Waals surface area contributed by atoms with Crippen molar-refractivity contribution in [3.63, 3.8) is 0 Å². The minimum atomic E-state index is 0.472. The van der Waals surface area contributed by atoms with Crippen molar-refractivity contribution in [2.24, 2.45) is 0 Å². The normalized spacial score (nSPS) is 10.7. The van der Waals surface area contributed by atoms with Gasteiger partial charge in [0.15, 0.2) is 11.5 Å². The maximum Gasteiger partial charge on any atom is 0.230 e. The standard InChI is InChI=1S/C23H19BrN2O3/c1-27-20-13-18-19(14-21(20)28-2)25-22(11-15-7-4-3-5-8-15)26-23(18)29-17-10-6-9-16(24)12-17/h3-10,12-14H,11H2,1-2H3. The molecule has 29 heavy (non-hydrogen) atoms. The lowest BCUT2D eigenvalue weighted by molar-refractivity contribution is 0.355. The Labute approximate surface area is 177 Å². The molecule has 0 saturated carbocycles. The van der Waals surface area contributed by atoms with Gasteiger partial charge in [-0.15, -0.1) is 0 Å². The molecule has 0 unspecified atom stereocenters. The highest BCUT2D eigenvalue weighted by atomic mass is 79.9. The minimum Gasteiger partial charge on any atom is -0.493 e. The molecular weight excluding hydrogens is 432 g/mol. The van der Waals surface area contributed by atoms with Crippen LogP contribution < -0.4 is 14.2 Å². The number of aromatic nitrogens is 2. The molecule has 146 valence electrons. The van der Waals surface area contributed by atoms with E-state index in [2.05, 4.69) is 28.1 Å². The summed E-state index contributed by atoms with van der Waals surface area (Å²) in [4.78, 5) is 9.45. The first-order valence-corrected chi connectivity index (χ1v) is 9.85. The monoisotopic (exact) mass is 450 g/mol. The van der Waals surface area contributed by atoms with Gasteiger partial charge in [0.05, 0.1) is 25.1 Å². The molecule has 5 nitrogen and oxygen atoms in total. The number of benzene rings is 3. The fourth-order valence-electron chi connectivity index (χ4n) is 3.05. The molecule has 4 rings (SSSR count). The van der Waals surface area contributed by atoms with Crippen molar-refractivity contribution in [2.75, 3.05) is 14.2 Å². The molecular formula is C23H19BrN2O3. The summed E-state index contributed by atoms with van der Waals surface area (Å²) in [6.07, 6.45) is 0.597. The largest absolute Gasteiger partial charge is 0.493 e. The molecule has 3 aromatic carbocycles. The Bertz CT molecular complexity index is 1150. The second-order valence-corrected chi connectivity index (χ2v) is 7.31. The second-order valence-electron chi connectivity index (χ2n) is 6.39. The molecule has 0 aliphatic heterocycles. The molecule has 1 aromatic heterocycles. The maximum atomic E-state index is 6.15. The van der Waals surface area contributed by atoms with Gasteiger partial charge in [0.2, 0.25) is 5.88 Å². The van der Waals surface area contributed by atoms with E-state index in [0.29, 0.717) is 35.4 Å². The zero-order valence-corrected chi connectivity index (χ0v) is 17.6. The third-order valence-corrected chi connectivity index (χ3v) is 4.92. The fraction of sp³-hybridized carbons (Fsp3) is 0.130. The van der Waals surface area contributed by atoms with Gasteiger partial charge in [0.25, 0.3) is 0 Å². The van der Waals surface area contributed by atoms with E-state index in [1.165, 1.54) is 0 Å². The van der Waals surface area contributed by atoms with Crippen molar-refractivity contribution in [2.45, 2.75) is 6.42 Å². The Balaban J connectivity index is 1.84. The highest BCUT2D eigenvalue weighted by Crippen LogP contribution is 2.36. The Hall–Kier alpha value is -3.12. The van der Waals surface area contributed by atoms with Crippen LogP contribution in [0.5, 0.6) is 23.1 Å². The Kier molecular flexibility index (Phi) is 5.62. The topological polar surface area (TPSA) is 53.5 Å². The SMILES string of the molecule is COc1cc2nc(Cc3ccccc3)nc(Oc3cccc(Br)c3)c2cc1OC. The second kappa shape index (κ2) is 8.49. The van der Waals surface area contributed by atoms with Crippen molar-refractivity contribution < 1.29 is 14.2 Å². The molecule has 4 aromatic rings. The van der Waals surface area contributed by atoms with E-state index in [9.17, 15) is 0 Å². The lowest BCUT2D eigenvalue weighted by Gasteiger charge is -2.13. The van der Waals surface area contributed by atoms with Crippen LogP contribution in [-0.2, 0) is 6.42 Å². The predicted octanol–water partition coefficient (Wildman–Crippen LogP) is 5.79. The molecule has 0 spiro atoms. The zero-order chi connectivity index (χ0) is 20.2. The first-order valence-electron chi connectivity index (χ1n) is 9.06. The van der Waals surface area contributed by atoms with E-state index >= 15 is 0 Å². The average molecular weight is 451 g/mol. The number of methoxy groups -OCH3 is 2. The maximum absolute atomic E-state index is 6.15. The van der Waals surface area contributed by atoms with Crippen molar-refractivity contribution >= 4 is 26.8 Å². The van der Waals surface area contributed by atoms with Crippen LogP contribution in [0, 0.1) is 0 Å². The minimum absolute atomic E-state index is 0.472. The van der Waals surface area contributed by atoms with Crippen LogP contribution in [0.25, 0.3) is 10.9 Å². The zero-order valence-electron chi connectivity index (χ0n) is 16.1. The molecule has 6 heteroatoms. The third-order valence-electron chi connectivity index (χ3n) is 4.43. The van der Waals surface area contributed by atoms with E-state index in [0.717, 1.165) is 20.9 Å². The van der Waals surface area contributed by atoms with E-state index in [4.69, 9.17) is 24.2 Å². The quantitative estimate of drug-likeness (QED) is 0.371. The van der Waals surface area contributed by atoms with Gasteiger partial charge in [-0.1, -0.05) is 52.3 Å². The summed E-state index contributed by atoms with van der Waals surface area (Å²) in [5, 5.41) is 0.749. The van der Waals surface area contributed by atoms with Gasteiger partial charge < -0.3 is 14.2 Å². The van der Waals surface area contributed by atoms with Crippen molar-refractivity contribution in [3.8, 4) is 23.1 Å². The number of rotatable bonds is 6. The van der Waals surface area contributed by atoms with E-state index < -0.39 is 0 Å². The Morgan fingerprint density at radius 1 is 0.828 bits per heavy atom. The van der Waals surface area contributed by atoms with Crippen LogP contribution in [0.2, 0.25) is 0 Å². The molecule has 0 atom stereocenters. The first kappa shape index (κ1) is 19.2. The van der Waals surface area contributed by atoms with Crippen molar-refractivity contribution in [1.29, 1.82) is 0 Å². The van der Waals surface area contributed by atoms with Crippen LogP contribution >= 0.6 is 15.9 Å². The highest BCUT2D eigenvalue weighted by Gasteiger charge is 2.15. The summed E-state index contributed by atoms with van der Waals surface area (Å²) in [5.41, 5.74) is 1.86. The molecule has 0 bridgehead atoms. The lowest BCUT2D eigenvalue weighted by Crippen LogP contribution is -2.01. The van der Waals surface area contributed by atoms with Crippen LogP contribution in [0.3, 0.4) is 0 Å². The van der Waals surface area contributed by atoms with Crippen molar-refractivity contribution in [1.82, 2.24) is 9.97 Å². The van der Waals surface area contributed by atoms with Gasteiger partial charge in [-0.25, -0.2) is 4.98 Å². The summed E-state index contributed by atoms with van der Waals surface area (Å²) >= 11 is 3.48. The summed E-state index contributed by atoms with van der Waals surface area (Å²) in [5.74, 6) is 3.02. The molecule has 0 amide bonds. The van der Waals surface area contributed by atoms with Gasteiger partial charge in [0.1, 0.15) is 11.6 Å². The fourth-order valence-corrected chi connectivity index (χ4v) is 3.43. The van der Waals surface area contributed by atoms with Crippen molar-refractivity contribution in [3.05, 3.63) is 82.6 Å². The van der Waals surface area contributed by atoms with Gasteiger partial charge in [-0.3, -0.25) is 0 Å². The van der Waals surface area contributed by atoms with E-state index in [1.54, 1.807) is 14.2 Å². The molecule has 0 radical (unpaired) electrons. The average Bonchev–Trinajstić information content (AvgIpc) is 2.73. The lowest BCUT2D eigenvalue weighted by atomic mass is 10.1. The number of nitrogens with zero attached hydrogens (tertiary/aromatic N) is 2. The van der Waals surface area contributed by atoms with Gasteiger partial charge in [0, 0.05) is 17.0 Å². The van der Waals surface area contributed by atoms with Crippen LogP contribution in [0.1, 0.15) is 11.4 Å². The number of halogens is 1. The van der Waals surface area contributed by atoms with Crippen LogP contribution in [0.4, 0.5) is 0 Å². The number of hydrogen-bond donors (Lipinski definition) is 0. The predicted molar refractivity (Wildman–Crippen MR) is 116 cm³/mol. The Morgan fingerprint density at radius 3 is 2.31 bits per heavy atom. The summed E-state index contributed by atoms with van der Waals surface area (Å²) in [7, 11) is 3.21. The highest BCUT2D eigenvalue weighted by molar-refractivity contribution is 9.10. The molecule has 0 saturated heterocycles. The molecule has 0 fully saturated rings. The summed E-state index contributed by atoms with van der Waals surface area (Å²) in [6.45, 7) is 0. The molecule has 0 aliphatic carbocycles. The van der Waals surface area contributed by atoms with E-state index in [1.807, 2.05) is 54.6 Å².